The highest BCUT2D eigenvalue weighted by Crippen LogP contribution is 2.21. The molecule has 0 spiro atoms. The molecule has 0 unspecified atom stereocenters. The van der Waals surface area contributed by atoms with Crippen molar-refractivity contribution in [3.05, 3.63) is 12.4 Å². The van der Waals surface area contributed by atoms with Crippen molar-refractivity contribution in [3.8, 4) is 0 Å². The highest BCUT2D eigenvalue weighted by Gasteiger charge is 2.26. The molecule has 1 fully saturated rings. The summed E-state index contributed by atoms with van der Waals surface area (Å²) < 4.78 is 5.03. The van der Waals surface area contributed by atoms with E-state index in [4.69, 9.17) is 10.5 Å². The zero-order valence-corrected chi connectivity index (χ0v) is 10.5. The Morgan fingerprint density at radius 1 is 1.44 bits per heavy atom. The van der Waals surface area contributed by atoms with Crippen LogP contribution in [0.25, 0.3) is 0 Å². The Kier molecular flexibility index (Phi) is 3.96. The van der Waals surface area contributed by atoms with Crippen molar-refractivity contribution >= 4 is 17.6 Å². The maximum absolute atomic E-state index is 11.6. The van der Waals surface area contributed by atoms with Crippen LogP contribution in [0.3, 0.4) is 0 Å². The average Bonchev–Trinajstić information content (AvgIpc) is 2.40. The van der Waals surface area contributed by atoms with Gasteiger partial charge in [0.15, 0.2) is 0 Å². The Bertz CT molecular complexity index is 399. The van der Waals surface area contributed by atoms with Gasteiger partial charge < -0.3 is 15.4 Å². The molecule has 1 aliphatic heterocycles. The summed E-state index contributed by atoms with van der Waals surface area (Å²) in [4.78, 5) is 22.0. The van der Waals surface area contributed by atoms with Crippen LogP contribution in [0, 0.1) is 5.92 Å². The van der Waals surface area contributed by atoms with Crippen molar-refractivity contribution in [1.29, 1.82) is 0 Å². The van der Waals surface area contributed by atoms with Crippen LogP contribution >= 0.6 is 0 Å². The lowest BCUT2D eigenvalue weighted by atomic mass is 9.97. The standard InChI is InChI=1S/C12H18N4O2/c1-2-18-11(17)9-3-5-16(6-4-9)12-14-7-10(13)8-15-12/h7-9H,2-6,13H2,1H3. The number of esters is 1. The fourth-order valence-corrected chi connectivity index (χ4v) is 2.07. The maximum Gasteiger partial charge on any atom is 0.309 e. The fraction of sp³-hybridized carbons (Fsp3) is 0.583. The minimum Gasteiger partial charge on any atom is -0.466 e. The van der Waals surface area contributed by atoms with Crippen molar-refractivity contribution in [2.45, 2.75) is 19.8 Å². The molecule has 0 atom stereocenters. The fourth-order valence-electron chi connectivity index (χ4n) is 2.07. The van der Waals surface area contributed by atoms with Crippen molar-refractivity contribution in [3.63, 3.8) is 0 Å². The first-order valence-corrected chi connectivity index (χ1v) is 6.19. The first-order chi connectivity index (χ1) is 8.70. The molecule has 0 aliphatic carbocycles. The van der Waals surface area contributed by atoms with E-state index in [9.17, 15) is 4.79 Å². The summed E-state index contributed by atoms with van der Waals surface area (Å²) in [6.07, 6.45) is 4.76. The summed E-state index contributed by atoms with van der Waals surface area (Å²) in [6, 6.07) is 0. The van der Waals surface area contributed by atoms with Gasteiger partial charge in [0.2, 0.25) is 5.95 Å². The molecule has 1 aromatic heterocycles. The van der Waals surface area contributed by atoms with Gasteiger partial charge in [0.1, 0.15) is 0 Å². The Morgan fingerprint density at radius 2 is 2.06 bits per heavy atom. The molecule has 0 saturated carbocycles. The van der Waals surface area contributed by atoms with Crippen molar-refractivity contribution in [2.75, 3.05) is 30.3 Å². The van der Waals surface area contributed by atoms with Crippen LogP contribution < -0.4 is 10.6 Å². The third-order valence-electron chi connectivity index (χ3n) is 3.06. The Hall–Kier alpha value is -1.85. The molecule has 0 amide bonds. The van der Waals surface area contributed by atoms with Gasteiger partial charge in [-0.05, 0) is 19.8 Å². The monoisotopic (exact) mass is 250 g/mol. The van der Waals surface area contributed by atoms with E-state index >= 15 is 0 Å². The summed E-state index contributed by atoms with van der Waals surface area (Å²) >= 11 is 0. The second-order valence-corrected chi connectivity index (χ2v) is 4.33. The first-order valence-electron chi connectivity index (χ1n) is 6.19. The largest absolute Gasteiger partial charge is 0.466 e. The number of anilines is 2. The predicted molar refractivity (Wildman–Crippen MR) is 68.0 cm³/mol. The van der Waals surface area contributed by atoms with Crippen LogP contribution in [-0.4, -0.2) is 35.6 Å². The highest BCUT2D eigenvalue weighted by molar-refractivity contribution is 5.72. The molecule has 18 heavy (non-hydrogen) atoms. The second-order valence-electron chi connectivity index (χ2n) is 4.33. The molecule has 0 bridgehead atoms. The second kappa shape index (κ2) is 5.66. The number of piperidine rings is 1. The number of hydrogen-bond acceptors (Lipinski definition) is 6. The number of ether oxygens (including phenoxy) is 1. The minimum atomic E-state index is -0.0876. The number of nitrogens with zero attached hydrogens (tertiary/aromatic N) is 3. The van der Waals surface area contributed by atoms with Crippen LogP contribution in [0.1, 0.15) is 19.8 Å². The lowest BCUT2D eigenvalue weighted by Crippen LogP contribution is -2.37. The number of rotatable bonds is 3. The van der Waals surface area contributed by atoms with Gasteiger partial charge in [-0.1, -0.05) is 0 Å². The zero-order valence-electron chi connectivity index (χ0n) is 10.5. The summed E-state index contributed by atoms with van der Waals surface area (Å²) in [5.74, 6) is 0.594. The number of nitrogens with two attached hydrogens (primary N) is 1. The normalized spacial score (nSPS) is 16.6. The van der Waals surface area contributed by atoms with E-state index in [-0.39, 0.29) is 11.9 Å². The lowest BCUT2D eigenvalue weighted by Gasteiger charge is -2.30. The van der Waals surface area contributed by atoms with Crippen LogP contribution in [0.4, 0.5) is 11.6 Å². The smallest absolute Gasteiger partial charge is 0.309 e. The summed E-state index contributed by atoms with van der Waals surface area (Å²) in [5, 5.41) is 0. The van der Waals surface area contributed by atoms with Gasteiger partial charge in [0.25, 0.3) is 0 Å². The molecule has 6 heteroatoms. The summed E-state index contributed by atoms with van der Waals surface area (Å²) in [5.41, 5.74) is 6.10. The molecule has 1 aromatic rings. The number of carbonyl (C=O) groups excluding carboxylic acids is 1. The van der Waals surface area contributed by atoms with E-state index in [0.717, 1.165) is 25.9 Å². The molecule has 1 aliphatic rings. The SMILES string of the molecule is CCOC(=O)C1CCN(c2ncc(N)cn2)CC1. The van der Waals surface area contributed by atoms with Crippen molar-refractivity contribution in [1.82, 2.24) is 9.97 Å². The van der Waals surface area contributed by atoms with Crippen LogP contribution in [0.2, 0.25) is 0 Å². The summed E-state index contributed by atoms with van der Waals surface area (Å²) in [6.45, 7) is 3.82. The van der Waals surface area contributed by atoms with E-state index in [1.165, 1.54) is 0 Å². The van der Waals surface area contributed by atoms with Crippen molar-refractivity contribution in [2.24, 2.45) is 5.92 Å². The molecular weight excluding hydrogens is 232 g/mol. The maximum atomic E-state index is 11.6. The molecule has 0 radical (unpaired) electrons. The molecular formula is C12H18N4O2. The number of aromatic nitrogens is 2. The highest BCUT2D eigenvalue weighted by atomic mass is 16.5. The van der Waals surface area contributed by atoms with Crippen LogP contribution in [0.15, 0.2) is 12.4 Å². The number of carbonyl (C=O) groups is 1. The molecule has 6 nitrogen and oxygen atoms in total. The zero-order chi connectivity index (χ0) is 13.0. The van der Waals surface area contributed by atoms with E-state index in [0.29, 0.717) is 18.2 Å². The van der Waals surface area contributed by atoms with Gasteiger partial charge in [-0.25, -0.2) is 9.97 Å². The molecule has 2 heterocycles. The van der Waals surface area contributed by atoms with Crippen molar-refractivity contribution < 1.29 is 9.53 Å². The van der Waals surface area contributed by atoms with Gasteiger partial charge in [-0.2, -0.15) is 0 Å². The Balaban J connectivity index is 1.90. The summed E-state index contributed by atoms with van der Waals surface area (Å²) in [7, 11) is 0. The lowest BCUT2D eigenvalue weighted by molar-refractivity contribution is -0.148. The third-order valence-corrected chi connectivity index (χ3v) is 3.06. The number of hydrogen-bond donors (Lipinski definition) is 1. The van der Waals surface area contributed by atoms with Gasteiger partial charge in [-0.15, -0.1) is 0 Å². The molecule has 2 N–H and O–H groups in total. The van der Waals surface area contributed by atoms with Gasteiger partial charge >= 0.3 is 5.97 Å². The Morgan fingerprint density at radius 3 is 2.61 bits per heavy atom. The molecule has 2 rings (SSSR count). The van der Waals surface area contributed by atoms with E-state index < -0.39 is 0 Å². The van der Waals surface area contributed by atoms with Gasteiger partial charge in [0.05, 0.1) is 30.6 Å². The molecule has 0 aromatic carbocycles. The molecule has 1 saturated heterocycles. The Labute approximate surface area is 106 Å². The first kappa shape index (κ1) is 12.6. The topological polar surface area (TPSA) is 81.3 Å². The number of nitrogen functional groups attached to an aromatic ring is 1. The average molecular weight is 250 g/mol. The van der Waals surface area contributed by atoms with E-state index in [2.05, 4.69) is 14.9 Å². The predicted octanol–water partition coefficient (Wildman–Crippen LogP) is 0.838. The van der Waals surface area contributed by atoms with Crippen LogP contribution in [0.5, 0.6) is 0 Å². The van der Waals surface area contributed by atoms with Gasteiger partial charge in [-0.3, -0.25) is 4.79 Å². The van der Waals surface area contributed by atoms with E-state index in [1.807, 2.05) is 6.92 Å². The van der Waals surface area contributed by atoms with E-state index in [1.54, 1.807) is 12.4 Å². The quantitative estimate of drug-likeness (QED) is 0.800. The minimum absolute atomic E-state index is 0.00924. The molecule has 98 valence electrons. The third kappa shape index (κ3) is 2.88. The van der Waals surface area contributed by atoms with Crippen LogP contribution in [-0.2, 0) is 9.53 Å². The van der Waals surface area contributed by atoms with Gasteiger partial charge in [0, 0.05) is 13.1 Å².